The van der Waals surface area contributed by atoms with Gasteiger partial charge in [-0.25, -0.2) is 0 Å². The minimum atomic E-state index is -0.259. The molecule has 0 radical (unpaired) electrons. The van der Waals surface area contributed by atoms with Crippen molar-refractivity contribution >= 4 is 21.9 Å². The summed E-state index contributed by atoms with van der Waals surface area (Å²) in [5.74, 6) is -0.259. The van der Waals surface area contributed by atoms with E-state index < -0.39 is 0 Å². The standard InChI is InChI=1S/C8H11BrO3/c1-3-11-8-6(7(8)9)4-12-5(2)10/h8H,3-4H2,1-2H3. The van der Waals surface area contributed by atoms with Gasteiger partial charge in [-0.15, -0.1) is 0 Å². The zero-order valence-corrected chi connectivity index (χ0v) is 8.68. The summed E-state index contributed by atoms with van der Waals surface area (Å²) in [6.07, 6.45) is 0.0642. The predicted octanol–water partition coefficient (Wildman–Crippen LogP) is 1.62. The minimum Gasteiger partial charge on any atom is -0.461 e. The number of hydrogen-bond donors (Lipinski definition) is 0. The van der Waals surface area contributed by atoms with E-state index in [9.17, 15) is 4.79 Å². The second-order valence-corrected chi connectivity index (χ2v) is 3.34. The summed E-state index contributed by atoms with van der Waals surface area (Å²) in [6, 6.07) is 0. The maximum atomic E-state index is 10.4. The van der Waals surface area contributed by atoms with Gasteiger partial charge in [-0.3, -0.25) is 4.79 Å². The van der Waals surface area contributed by atoms with Crippen LogP contribution >= 0.6 is 15.9 Å². The van der Waals surface area contributed by atoms with Gasteiger partial charge in [-0.1, -0.05) is 15.9 Å². The van der Waals surface area contributed by atoms with Crippen LogP contribution in [0.4, 0.5) is 0 Å². The molecule has 1 unspecified atom stereocenters. The third kappa shape index (κ3) is 2.32. The Morgan fingerprint density at radius 3 is 2.83 bits per heavy atom. The zero-order chi connectivity index (χ0) is 9.14. The molecule has 1 rings (SSSR count). The van der Waals surface area contributed by atoms with Crippen molar-refractivity contribution in [3.8, 4) is 0 Å². The fraction of sp³-hybridized carbons (Fsp3) is 0.625. The number of halogens is 1. The second-order valence-electron chi connectivity index (χ2n) is 2.49. The molecule has 0 saturated carbocycles. The summed E-state index contributed by atoms with van der Waals surface area (Å²) in [5, 5.41) is 0. The summed E-state index contributed by atoms with van der Waals surface area (Å²) in [5.41, 5.74) is 1.03. The van der Waals surface area contributed by atoms with E-state index in [1.807, 2.05) is 6.92 Å². The van der Waals surface area contributed by atoms with E-state index in [0.717, 1.165) is 10.1 Å². The third-order valence-electron chi connectivity index (χ3n) is 1.53. The molecule has 0 aromatic carbocycles. The number of carbonyl (C=O) groups excluding carboxylic acids is 1. The van der Waals surface area contributed by atoms with Crippen LogP contribution < -0.4 is 0 Å². The molecule has 0 fully saturated rings. The monoisotopic (exact) mass is 234 g/mol. The minimum absolute atomic E-state index is 0.0642. The van der Waals surface area contributed by atoms with Gasteiger partial charge in [-0.2, -0.15) is 0 Å². The number of rotatable bonds is 4. The topological polar surface area (TPSA) is 35.5 Å². The van der Waals surface area contributed by atoms with E-state index in [0.29, 0.717) is 13.2 Å². The Bertz CT molecular complexity index is 222. The van der Waals surface area contributed by atoms with Crippen LogP contribution in [-0.2, 0) is 14.3 Å². The van der Waals surface area contributed by atoms with Gasteiger partial charge in [0.2, 0.25) is 0 Å². The fourth-order valence-corrected chi connectivity index (χ4v) is 1.50. The lowest BCUT2D eigenvalue weighted by Gasteiger charge is -2.00. The van der Waals surface area contributed by atoms with Gasteiger partial charge in [0, 0.05) is 23.6 Å². The number of esters is 1. The smallest absolute Gasteiger partial charge is 0.302 e. The normalized spacial score (nSPS) is 21.1. The van der Waals surface area contributed by atoms with Gasteiger partial charge < -0.3 is 9.47 Å². The first kappa shape index (κ1) is 9.74. The predicted molar refractivity (Wildman–Crippen MR) is 48.0 cm³/mol. The molecule has 3 nitrogen and oxygen atoms in total. The highest BCUT2D eigenvalue weighted by molar-refractivity contribution is 9.12. The Balaban J connectivity index is 2.22. The van der Waals surface area contributed by atoms with Gasteiger partial charge in [0.15, 0.2) is 0 Å². The molecular weight excluding hydrogens is 224 g/mol. The first-order valence-corrected chi connectivity index (χ1v) is 4.59. The molecular formula is C8H11BrO3. The molecule has 12 heavy (non-hydrogen) atoms. The highest BCUT2D eigenvalue weighted by Crippen LogP contribution is 2.39. The first-order chi connectivity index (χ1) is 5.66. The van der Waals surface area contributed by atoms with Crippen LogP contribution in [0.25, 0.3) is 0 Å². The molecule has 0 heterocycles. The summed E-state index contributed by atoms with van der Waals surface area (Å²) < 4.78 is 11.1. The van der Waals surface area contributed by atoms with E-state index in [1.165, 1.54) is 6.92 Å². The third-order valence-corrected chi connectivity index (χ3v) is 2.46. The van der Waals surface area contributed by atoms with Gasteiger partial charge in [-0.05, 0) is 6.92 Å². The van der Waals surface area contributed by atoms with E-state index in [1.54, 1.807) is 0 Å². The SMILES string of the molecule is CCOC1C(Br)=C1COC(C)=O. The van der Waals surface area contributed by atoms with Crippen molar-refractivity contribution in [1.29, 1.82) is 0 Å². The molecule has 0 aliphatic heterocycles. The lowest BCUT2D eigenvalue weighted by Crippen LogP contribution is -2.04. The number of ether oxygens (including phenoxy) is 2. The molecule has 1 atom stereocenters. The van der Waals surface area contributed by atoms with Gasteiger partial charge >= 0.3 is 5.97 Å². The molecule has 0 aromatic heterocycles. The summed E-state index contributed by atoms with van der Waals surface area (Å²) in [4.78, 5) is 10.4. The molecule has 0 amide bonds. The molecule has 0 bridgehead atoms. The Morgan fingerprint density at radius 1 is 1.67 bits per heavy atom. The fourth-order valence-electron chi connectivity index (χ4n) is 0.879. The van der Waals surface area contributed by atoms with Crippen molar-refractivity contribution in [1.82, 2.24) is 0 Å². The molecule has 0 N–H and O–H groups in total. The van der Waals surface area contributed by atoms with E-state index >= 15 is 0 Å². The Hall–Kier alpha value is -0.350. The van der Waals surface area contributed by atoms with Crippen molar-refractivity contribution in [3.05, 3.63) is 10.1 Å². The average Bonchev–Trinajstić information content (AvgIpc) is 2.59. The van der Waals surface area contributed by atoms with Crippen molar-refractivity contribution < 1.29 is 14.3 Å². The van der Waals surface area contributed by atoms with Gasteiger partial charge in [0.1, 0.15) is 12.7 Å². The molecule has 0 saturated heterocycles. The van der Waals surface area contributed by atoms with Crippen LogP contribution in [0, 0.1) is 0 Å². The quantitative estimate of drug-likeness (QED) is 0.694. The van der Waals surface area contributed by atoms with Crippen LogP contribution in [-0.4, -0.2) is 25.3 Å². The van der Waals surface area contributed by atoms with Crippen LogP contribution in [0.3, 0.4) is 0 Å². The van der Waals surface area contributed by atoms with Crippen molar-refractivity contribution in [2.45, 2.75) is 20.0 Å². The average molecular weight is 235 g/mol. The highest BCUT2D eigenvalue weighted by Gasteiger charge is 2.35. The number of hydrogen-bond acceptors (Lipinski definition) is 3. The molecule has 1 aliphatic carbocycles. The summed E-state index contributed by atoms with van der Waals surface area (Å²) in [6.45, 7) is 4.35. The maximum Gasteiger partial charge on any atom is 0.302 e. The molecule has 0 spiro atoms. The molecule has 4 heteroatoms. The lowest BCUT2D eigenvalue weighted by atomic mass is 10.5. The maximum absolute atomic E-state index is 10.4. The van der Waals surface area contributed by atoms with E-state index in [-0.39, 0.29) is 12.1 Å². The Morgan fingerprint density at radius 2 is 2.33 bits per heavy atom. The first-order valence-electron chi connectivity index (χ1n) is 3.80. The summed E-state index contributed by atoms with van der Waals surface area (Å²) >= 11 is 3.33. The van der Waals surface area contributed by atoms with Crippen molar-refractivity contribution in [3.63, 3.8) is 0 Å². The van der Waals surface area contributed by atoms with Crippen LogP contribution in [0.1, 0.15) is 13.8 Å². The van der Waals surface area contributed by atoms with Crippen LogP contribution in [0.15, 0.2) is 10.1 Å². The molecule has 1 aliphatic rings. The second kappa shape index (κ2) is 4.05. The lowest BCUT2D eigenvalue weighted by molar-refractivity contribution is -0.140. The van der Waals surface area contributed by atoms with E-state index in [4.69, 9.17) is 9.47 Å². The van der Waals surface area contributed by atoms with Crippen LogP contribution in [0.5, 0.6) is 0 Å². The summed E-state index contributed by atoms with van der Waals surface area (Å²) in [7, 11) is 0. The largest absolute Gasteiger partial charge is 0.461 e. The van der Waals surface area contributed by atoms with E-state index in [2.05, 4.69) is 15.9 Å². The van der Waals surface area contributed by atoms with Crippen molar-refractivity contribution in [2.24, 2.45) is 0 Å². The molecule has 0 aromatic rings. The van der Waals surface area contributed by atoms with Gasteiger partial charge in [0.05, 0.1) is 0 Å². The number of carbonyl (C=O) groups is 1. The zero-order valence-electron chi connectivity index (χ0n) is 7.09. The molecule has 68 valence electrons. The Kier molecular flexibility index (Phi) is 3.29. The van der Waals surface area contributed by atoms with Gasteiger partial charge in [0.25, 0.3) is 0 Å². The Labute approximate surface area is 79.9 Å². The van der Waals surface area contributed by atoms with Crippen molar-refractivity contribution in [2.75, 3.05) is 13.2 Å². The van der Waals surface area contributed by atoms with Crippen LogP contribution in [0.2, 0.25) is 0 Å². The highest BCUT2D eigenvalue weighted by atomic mass is 79.9.